The minimum atomic E-state index is -0.274. The quantitative estimate of drug-likeness (QED) is 0.699. The summed E-state index contributed by atoms with van der Waals surface area (Å²) in [4.78, 5) is 15.7. The number of aromatic nitrogens is 1. The molecule has 0 saturated carbocycles. The summed E-state index contributed by atoms with van der Waals surface area (Å²) in [6.45, 7) is 1.84. The maximum absolute atomic E-state index is 11.8. The van der Waals surface area contributed by atoms with Crippen molar-refractivity contribution < 1.29 is 4.79 Å². The fraction of sp³-hybridized carbons (Fsp3) is 0.0714. The molecule has 1 N–H and O–H groups in total. The van der Waals surface area contributed by atoms with Gasteiger partial charge in [0, 0.05) is 16.9 Å². The molecular weight excluding hydrogens is 306 g/mol. The Morgan fingerprint density at radius 3 is 2.58 bits per heavy atom. The van der Waals surface area contributed by atoms with Gasteiger partial charge in [0.2, 0.25) is 0 Å². The van der Waals surface area contributed by atoms with Crippen LogP contribution in [0.5, 0.6) is 0 Å². The number of hydrogen-bond donors (Lipinski definition) is 1. The van der Waals surface area contributed by atoms with Gasteiger partial charge in [0.1, 0.15) is 0 Å². The lowest BCUT2D eigenvalue weighted by molar-refractivity contribution is 0.0954. The van der Waals surface area contributed by atoms with Crippen LogP contribution in [0.1, 0.15) is 22.8 Å². The predicted octanol–water partition coefficient (Wildman–Crippen LogP) is 3.00. The third kappa shape index (κ3) is 3.72. The van der Waals surface area contributed by atoms with Crippen LogP contribution >= 0.6 is 15.9 Å². The van der Waals surface area contributed by atoms with Gasteiger partial charge in [0.25, 0.3) is 5.91 Å². The van der Waals surface area contributed by atoms with Crippen LogP contribution in [0.3, 0.4) is 0 Å². The van der Waals surface area contributed by atoms with Crippen molar-refractivity contribution in [2.75, 3.05) is 0 Å². The zero-order chi connectivity index (χ0) is 13.7. The number of pyridine rings is 1. The average Bonchev–Trinajstić information content (AvgIpc) is 2.46. The number of nitrogens with one attached hydrogen (secondary N) is 1. The van der Waals surface area contributed by atoms with Crippen molar-refractivity contribution in [3.05, 3.63) is 64.4 Å². The van der Waals surface area contributed by atoms with Crippen LogP contribution in [-0.2, 0) is 0 Å². The van der Waals surface area contributed by atoms with E-state index >= 15 is 0 Å². The highest BCUT2D eigenvalue weighted by molar-refractivity contribution is 9.10. The Morgan fingerprint density at radius 1 is 1.21 bits per heavy atom. The molecule has 4 nitrogen and oxygen atoms in total. The van der Waals surface area contributed by atoms with Crippen LogP contribution in [0.25, 0.3) is 0 Å². The highest BCUT2D eigenvalue weighted by atomic mass is 79.9. The van der Waals surface area contributed by atoms with E-state index in [2.05, 4.69) is 31.4 Å². The summed E-state index contributed by atoms with van der Waals surface area (Å²) < 4.78 is 1.00. The van der Waals surface area contributed by atoms with Crippen molar-refractivity contribution >= 4 is 27.5 Å². The van der Waals surface area contributed by atoms with Crippen molar-refractivity contribution in [1.82, 2.24) is 10.4 Å². The van der Waals surface area contributed by atoms with Gasteiger partial charge in [-0.3, -0.25) is 9.78 Å². The minimum absolute atomic E-state index is 0.274. The van der Waals surface area contributed by atoms with Crippen LogP contribution in [0, 0.1) is 0 Å². The second-order valence-corrected chi connectivity index (χ2v) is 4.80. The van der Waals surface area contributed by atoms with Crippen LogP contribution in [0.2, 0.25) is 0 Å². The summed E-state index contributed by atoms with van der Waals surface area (Å²) in [5, 5.41) is 4.07. The Bertz CT molecular complexity index is 594. The van der Waals surface area contributed by atoms with E-state index in [1.54, 1.807) is 18.3 Å². The van der Waals surface area contributed by atoms with E-state index in [4.69, 9.17) is 0 Å². The summed E-state index contributed by atoms with van der Waals surface area (Å²) in [7, 11) is 0. The number of benzene rings is 1. The number of hydrogen-bond acceptors (Lipinski definition) is 3. The molecule has 2 rings (SSSR count). The summed E-state index contributed by atoms with van der Waals surface area (Å²) in [5.41, 5.74) is 4.68. The van der Waals surface area contributed by atoms with Crippen molar-refractivity contribution in [1.29, 1.82) is 0 Å². The van der Waals surface area contributed by atoms with Crippen molar-refractivity contribution in [3.8, 4) is 0 Å². The van der Waals surface area contributed by atoms with E-state index in [9.17, 15) is 4.79 Å². The Morgan fingerprint density at radius 2 is 1.95 bits per heavy atom. The van der Waals surface area contributed by atoms with E-state index in [0.717, 1.165) is 15.7 Å². The maximum Gasteiger partial charge on any atom is 0.272 e. The molecule has 0 radical (unpaired) electrons. The van der Waals surface area contributed by atoms with Crippen LogP contribution in [0.4, 0.5) is 0 Å². The van der Waals surface area contributed by atoms with Crippen molar-refractivity contribution in [2.24, 2.45) is 5.10 Å². The van der Waals surface area contributed by atoms with Gasteiger partial charge in [0.05, 0.1) is 11.3 Å². The number of amides is 1. The Hall–Kier alpha value is -2.01. The van der Waals surface area contributed by atoms with Crippen molar-refractivity contribution in [3.63, 3.8) is 0 Å². The molecule has 1 aromatic carbocycles. The summed E-state index contributed by atoms with van der Waals surface area (Å²) >= 11 is 3.37. The Labute approximate surface area is 119 Å². The third-order valence-corrected chi connectivity index (χ3v) is 3.04. The molecule has 1 amide bonds. The number of carbonyl (C=O) groups is 1. The van der Waals surface area contributed by atoms with Crippen molar-refractivity contribution in [2.45, 2.75) is 6.92 Å². The molecule has 5 heteroatoms. The molecule has 0 aliphatic carbocycles. The first-order valence-corrected chi connectivity index (χ1v) is 6.47. The number of hydrazone groups is 1. The van der Waals surface area contributed by atoms with Crippen LogP contribution < -0.4 is 5.43 Å². The SMILES string of the molecule is CC(=NNC(=O)c1cccnc1)c1ccc(Br)cc1. The van der Waals surface area contributed by atoms with E-state index in [0.29, 0.717) is 5.56 Å². The lowest BCUT2D eigenvalue weighted by Crippen LogP contribution is -2.19. The molecule has 0 atom stereocenters. The second kappa shape index (κ2) is 6.24. The fourth-order valence-electron chi connectivity index (χ4n) is 1.45. The van der Waals surface area contributed by atoms with E-state index in [1.807, 2.05) is 31.2 Å². The molecule has 0 aliphatic rings. The molecule has 0 aliphatic heterocycles. The predicted molar refractivity (Wildman–Crippen MR) is 78.1 cm³/mol. The first-order chi connectivity index (χ1) is 9.16. The van der Waals surface area contributed by atoms with Gasteiger partial charge in [-0.25, -0.2) is 5.43 Å². The number of nitrogens with zero attached hydrogens (tertiary/aromatic N) is 2. The summed E-state index contributed by atoms with van der Waals surface area (Å²) in [6, 6.07) is 11.1. The highest BCUT2D eigenvalue weighted by Gasteiger charge is 2.04. The fourth-order valence-corrected chi connectivity index (χ4v) is 1.72. The third-order valence-electron chi connectivity index (χ3n) is 2.51. The Kier molecular flexibility index (Phi) is 4.41. The molecule has 0 fully saturated rings. The van der Waals surface area contributed by atoms with Crippen LogP contribution in [-0.4, -0.2) is 16.6 Å². The van der Waals surface area contributed by atoms with Crippen LogP contribution in [0.15, 0.2) is 58.4 Å². The van der Waals surface area contributed by atoms with Gasteiger partial charge in [0.15, 0.2) is 0 Å². The largest absolute Gasteiger partial charge is 0.272 e. The molecule has 19 heavy (non-hydrogen) atoms. The van der Waals surface area contributed by atoms with E-state index in [1.165, 1.54) is 6.20 Å². The topological polar surface area (TPSA) is 54.4 Å². The molecule has 1 aromatic heterocycles. The molecule has 0 bridgehead atoms. The smallest absolute Gasteiger partial charge is 0.267 e. The Balaban J connectivity index is 2.06. The van der Waals surface area contributed by atoms with Gasteiger partial charge >= 0.3 is 0 Å². The molecule has 0 spiro atoms. The second-order valence-electron chi connectivity index (χ2n) is 3.89. The zero-order valence-corrected chi connectivity index (χ0v) is 11.9. The monoisotopic (exact) mass is 317 g/mol. The normalized spacial score (nSPS) is 11.2. The molecule has 0 unspecified atom stereocenters. The van der Waals surface area contributed by atoms with Gasteiger partial charge < -0.3 is 0 Å². The van der Waals surface area contributed by atoms with Gasteiger partial charge in [-0.15, -0.1) is 0 Å². The van der Waals surface area contributed by atoms with Gasteiger partial charge in [-0.1, -0.05) is 28.1 Å². The minimum Gasteiger partial charge on any atom is -0.267 e. The molecular formula is C14H12BrN3O. The number of carbonyl (C=O) groups excluding carboxylic acids is 1. The average molecular weight is 318 g/mol. The van der Waals surface area contributed by atoms with Gasteiger partial charge in [-0.05, 0) is 36.8 Å². The molecule has 96 valence electrons. The summed E-state index contributed by atoms with van der Waals surface area (Å²) in [6.07, 6.45) is 3.12. The van der Waals surface area contributed by atoms with E-state index < -0.39 is 0 Å². The first kappa shape index (κ1) is 13.4. The number of rotatable bonds is 3. The van der Waals surface area contributed by atoms with E-state index in [-0.39, 0.29) is 5.91 Å². The lowest BCUT2D eigenvalue weighted by Gasteiger charge is -2.03. The first-order valence-electron chi connectivity index (χ1n) is 5.67. The molecule has 0 saturated heterocycles. The molecule has 2 aromatic rings. The summed E-state index contributed by atoms with van der Waals surface area (Å²) in [5.74, 6) is -0.274. The standard InChI is InChI=1S/C14H12BrN3O/c1-10(11-4-6-13(15)7-5-11)17-18-14(19)12-3-2-8-16-9-12/h2-9H,1H3,(H,18,19). The lowest BCUT2D eigenvalue weighted by atomic mass is 10.1. The zero-order valence-electron chi connectivity index (χ0n) is 10.3. The number of halogens is 1. The maximum atomic E-state index is 11.8. The molecule has 1 heterocycles. The van der Waals surface area contributed by atoms with Gasteiger partial charge in [-0.2, -0.15) is 5.10 Å². The highest BCUT2D eigenvalue weighted by Crippen LogP contribution is 2.11.